The third-order valence-electron chi connectivity index (χ3n) is 2.71. The number of carbonyl (C=O) groups is 2. The summed E-state index contributed by atoms with van der Waals surface area (Å²) < 4.78 is 40.9. The van der Waals surface area contributed by atoms with E-state index in [1.165, 1.54) is 7.11 Å². The maximum Gasteiger partial charge on any atom is 0.405 e. The molecule has 0 atom stereocenters. The van der Waals surface area contributed by atoms with Crippen LogP contribution in [0.4, 0.5) is 18.0 Å². The minimum atomic E-state index is -4.54. The fourth-order valence-electron chi connectivity index (χ4n) is 1.68. The van der Waals surface area contributed by atoms with Gasteiger partial charge in [-0.2, -0.15) is 13.2 Å². The van der Waals surface area contributed by atoms with Crippen LogP contribution in [-0.2, 0) is 4.79 Å². The molecule has 2 aromatic rings. The van der Waals surface area contributed by atoms with E-state index in [4.69, 9.17) is 4.74 Å². The van der Waals surface area contributed by atoms with Gasteiger partial charge in [0.25, 0.3) is 0 Å². The zero-order chi connectivity index (χ0) is 17.7. The van der Waals surface area contributed by atoms with Gasteiger partial charge in [0.2, 0.25) is 5.91 Å². The number of alkyl halides is 3. The number of hydrogen-bond acceptors (Lipinski definition) is 5. The van der Waals surface area contributed by atoms with Crippen molar-refractivity contribution in [1.82, 2.24) is 20.6 Å². The Kier molecular flexibility index (Phi) is 5.54. The number of imidazole rings is 1. The molecular weight excluding hydrogens is 349 g/mol. The normalized spacial score (nSPS) is 11.3. The molecule has 2 rings (SSSR count). The molecule has 130 valence electrons. The molecule has 0 aliphatic carbocycles. The maximum atomic E-state index is 11.9. The van der Waals surface area contributed by atoms with Crippen LogP contribution in [0.15, 0.2) is 23.4 Å². The summed E-state index contributed by atoms with van der Waals surface area (Å²) in [5, 5.41) is 3.78. The number of imide groups is 1. The van der Waals surface area contributed by atoms with E-state index in [1.807, 2.05) is 0 Å². The zero-order valence-corrected chi connectivity index (χ0v) is 13.2. The molecule has 0 saturated heterocycles. The number of methoxy groups -OCH3 is 1. The number of fused-ring (bicyclic) bond motifs is 1. The van der Waals surface area contributed by atoms with Crippen molar-refractivity contribution in [3.63, 3.8) is 0 Å². The quantitative estimate of drug-likeness (QED) is 0.708. The summed E-state index contributed by atoms with van der Waals surface area (Å²) in [7, 11) is 1.53. The molecule has 24 heavy (non-hydrogen) atoms. The van der Waals surface area contributed by atoms with E-state index in [0.29, 0.717) is 21.9 Å². The molecule has 0 fully saturated rings. The zero-order valence-electron chi connectivity index (χ0n) is 12.4. The molecule has 1 heterocycles. The summed E-state index contributed by atoms with van der Waals surface area (Å²) in [5.41, 5.74) is 1.38. The molecule has 1 aromatic carbocycles. The van der Waals surface area contributed by atoms with Gasteiger partial charge in [0.1, 0.15) is 12.3 Å². The number of nitrogens with zero attached hydrogens (tertiary/aromatic N) is 1. The second-order valence-electron chi connectivity index (χ2n) is 4.56. The van der Waals surface area contributed by atoms with Crippen LogP contribution in [-0.4, -0.2) is 47.5 Å². The second-order valence-corrected chi connectivity index (χ2v) is 5.52. The number of hydrogen-bond donors (Lipinski definition) is 3. The topological polar surface area (TPSA) is 96.1 Å². The predicted molar refractivity (Wildman–Crippen MR) is 81.0 cm³/mol. The molecule has 0 radical (unpaired) electrons. The van der Waals surface area contributed by atoms with Gasteiger partial charge in [-0.3, -0.25) is 10.1 Å². The Morgan fingerprint density at radius 1 is 1.38 bits per heavy atom. The summed E-state index contributed by atoms with van der Waals surface area (Å²) >= 11 is 1.01. The van der Waals surface area contributed by atoms with Crippen LogP contribution >= 0.6 is 11.8 Å². The second kappa shape index (κ2) is 7.43. The van der Waals surface area contributed by atoms with Crippen LogP contribution in [0.5, 0.6) is 5.75 Å². The molecule has 3 N–H and O–H groups in total. The lowest BCUT2D eigenvalue weighted by atomic mass is 10.3. The van der Waals surface area contributed by atoms with Gasteiger partial charge in [-0.15, -0.1) is 0 Å². The van der Waals surface area contributed by atoms with Crippen molar-refractivity contribution in [2.45, 2.75) is 11.3 Å². The number of aromatic nitrogens is 2. The SMILES string of the molecule is COc1ccc2nc(SCC(=O)NC(=O)NCC(F)(F)F)[nH]c2c1. The van der Waals surface area contributed by atoms with E-state index in [0.717, 1.165) is 11.8 Å². The number of carbonyl (C=O) groups excluding carboxylic acids is 2. The minimum Gasteiger partial charge on any atom is -0.497 e. The molecule has 0 aliphatic rings. The Balaban J connectivity index is 1.84. The highest BCUT2D eigenvalue weighted by atomic mass is 32.2. The first kappa shape index (κ1) is 17.9. The molecule has 1 aromatic heterocycles. The standard InChI is InChI=1S/C13H13F3N4O3S/c1-23-7-2-3-8-9(4-7)19-12(18-8)24-5-10(21)20-11(22)17-6-13(14,15)16/h2-4H,5-6H2,1H3,(H,18,19)(H2,17,20,21,22). The molecule has 0 spiro atoms. The van der Waals surface area contributed by atoms with E-state index in [9.17, 15) is 22.8 Å². The minimum absolute atomic E-state index is 0.184. The third-order valence-corrected chi connectivity index (χ3v) is 3.58. The molecule has 0 saturated carbocycles. The molecule has 3 amide bonds. The Labute approximate surface area is 138 Å². The van der Waals surface area contributed by atoms with Gasteiger partial charge in [0.15, 0.2) is 5.16 Å². The van der Waals surface area contributed by atoms with E-state index in [1.54, 1.807) is 28.8 Å². The lowest BCUT2D eigenvalue weighted by molar-refractivity contribution is -0.124. The van der Waals surface area contributed by atoms with Gasteiger partial charge in [-0.25, -0.2) is 9.78 Å². The van der Waals surface area contributed by atoms with Crippen molar-refractivity contribution in [2.24, 2.45) is 0 Å². The van der Waals surface area contributed by atoms with Gasteiger partial charge in [0.05, 0.1) is 23.9 Å². The number of amides is 3. The first-order chi connectivity index (χ1) is 11.3. The van der Waals surface area contributed by atoms with E-state index in [2.05, 4.69) is 9.97 Å². The van der Waals surface area contributed by atoms with Gasteiger partial charge in [0, 0.05) is 6.07 Å². The lowest BCUT2D eigenvalue weighted by Crippen LogP contribution is -2.43. The van der Waals surface area contributed by atoms with Crippen LogP contribution < -0.4 is 15.4 Å². The molecule has 0 aliphatic heterocycles. The van der Waals surface area contributed by atoms with Crippen molar-refractivity contribution in [1.29, 1.82) is 0 Å². The predicted octanol–water partition coefficient (Wildman–Crippen LogP) is 2.05. The average Bonchev–Trinajstić information content (AvgIpc) is 2.92. The van der Waals surface area contributed by atoms with E-state index in [-0.39, 0.29) is 5.75 Å². The van der Waals surface area contributed by atoms with Crippen molar-refractivity contribution >= 4 is 34.7 Å². The van der Waals surface area contributed by atoms with Crippen molar-refractivity contribution in [3.05, 3.63) is 18.2 Å². The number of thioether (sulfide) groups is 1. The highest BCUT2D eigenvalue weighted by Gasteiger charge is 2.27. The molecule has 7 nitrogen and oxygen atoms in total. The first-order valence-corrected chi connectivity index (χ1v) is 7.56. The van der Waals surface area contributed by atoms with Crippen LogP contribution in [0.25, 0.3) is 11.0 Å². The van der Waals surface area contributed by atoms with Crippen LogP contribution in [0, 0.1) is 0 Å². The third kappa shape index (κ3) is 5.33. The van der Waals surface area contributed by atoms with Crippen LogP contribution in [0.2, 0.25) is 0 Å². The van der Waals surface area contributed by atoms with E-state index < -0.39 is 24.7 Å². The Hall–Kier alpha value is -2.43. The van der Waals surface area contributed by atoms with Gasteiger partial charge in [-0.1, -0.05) is 11.8 Å². The van der Waals surface area contributed by atoms with Crippen molar-refractivity contribution < 1.29 is 27.5 Å². The Morgan fingerprint density at radius 2 is 2.12 bits per heavy atom. The monoisotopic (exact) mass is 362 g/mol. The fourth-order valence-corrected chi connectivity index (χ4v) is 2.37. The van der Waals surface area contributed by atoms with Crippen molar-refractivity contribution in [2.75, 3.05) is 19.4 Å². The van der Waals surface area contributed by atoms with Gasteiger partial charge >= 0.3 is 12.2 Å². The van der Waals surface area contributed by atoms with Crippen LogP contribution in [0.3, 0.4) is 0 Å². The Bertz CT molecular complexity index is 748. The number of urea groups is 1. The fraction of sp³-hybridized carbons (Fsp3) is 0.308. The number of halogens is 3. The van der Waals surface area contributed by atoms with Gasteiger partial charge < -0.3 is 15.0 Å². The summed E-state index contributed by atoms with van der Waals surface area (Å²) in [5.74, 6) is -0.282. The number of rotatable bonds is 5. The number of H-pyrrole nitrogens is 1. The van der Waals surface area contributed by atoms with E-state index >= 15 is 0 Å². The number of ether oxygens (including phenoxy) is 1. The molecule has 11 heteroatoms. The van der Waals surface area contributed by atoms with Gasteiger partial charge in [-0.05, 0) is 12.1 Å². The average molecular weight is 362 g/mol. The summed E-state index contributed by atoms with van der Waals surface area (Å²) in [6.45, 7) is -1.51. The number of nitrogens with one attached hydrogen (secondary N) is 3. The smallest absolute Gasteiger partial charge is 0.405 e. The number of aromatic amines is 1. The van der Waals surface area contributed by atoms with Crippen molar-refractivity contribution in [3.8, 4) is 5.75 Å². The largest absolute Gasteiger partial charge is 0.497 e. The highest BCUT2D eigenvalue weighted by molar-refractivity contribution is 7.99. The molecular formula is C13H13F3N4O3S. The summed E-state index contributed by atoms with van der Waals surface area (Å²) in [6, 6.07) is 4.00. The first-order valence-electron chi connectivity index (χ1n) is 6.58. The Morgan fingerprint density at radius 3 is 2.79 bits per heavy atom. The lowest BCUT2D eigenvalue weighted by Gasteiger charge is -2.08. The maximum absolute atomic E-state index is 11.9. The highest BCUT2D eigenvalue weighted by Crippen LogP contribution is 2.22. The van der Waals surface area contributed by atoms with Crippen LogP contribution in [0.1, 0.15) is 0 Å². The molecule has 0 unspecified atom stereocenters. The summed E-state index contributed by atoms with van der Waals surface area (Å²) in [6.07, 6.45) is -4.54. The molecule has 0 bridgehead atoms. The summed E-state index contributed by atoms with van der Waals surface area (Å²) in [4.78, 5) is 29.9. The number of benzene rings is 1.